The minimum atomic E-state index is -0.367. The summed E-state index contributed by atoms with van der Waals surface area (Å²) in [6, 6.07) is 17.0. The largest absolute Gasteiger partial charge is 0.325 e. The number of anilines is 1. The number of nitrogens with one attached hydrogen (secondary N) is 1. The number of rotatable bonds is 7. The maximum absolute atomic E-state index is 12.5. The van der Waals surface area contributed by atoms with Gasteiger partial charge in [0, 0.05) is 24.7 Å². The predicted molar refractivity (Wildman–Crippen MR) is 111 cm³/mol. The van der Waals surface area contributed by atoms with E-state index in [1.807, 2.05) is 48.9 Å². The van der Waals surface area contributed by atoms with Crippen molar-refractivity contribution >= 4 is 29.1 Å². The maximum Gasteiger partial charge on any atom is 0.237 e. The lowest BCUT2D eigenvalue weighted by molar-refractivity contribution is -0.115. The predicted octanol–water partition coefficient (Wildman–Crippen LogP) is 3.73. The van der Waals surface area contributed by atoms with Gasteiger partial charge < -0.3 is 9.88 Å². The summed E-state index contributed by atoms with van der Waals surface area (Å²) in [6.45, 7) is 3.32. The average Bonchev–Trinajstić information content (AvgIpc) is 3.02. The zero-order valence-corrected chi connectivity index (χ0v) is 16.9. The smallest absolute Gasteiger partial charge is 0.237 e. The highest BCUT2D eigenvalue weighted by Crippen LogP contribution is 2.23. The molecule has 0 radical (unpaired) electrons. The minimum Gasteiger partial charge on any atom is -0.325 e. The van der Waals surface area contributed by atoms with Crippen LogP contribution in [0.2, 0.25) is 0 Å². The monoisotopic (exact) mass is 394 g/mol. The molecule has 1 atom stereocenters. The number of carbonyl (C=O) groups excluding carboxylic acids is 2. The van der Waals surface area contributed by atoms with E-state index in [9.17, 15) is 9.59 Å². The molecule has 0 spiro atoms. The zero-order valence-electron chi connectivity index (χ0n) is 16.0. The first-order chi connectivity index (χ1) is 13.4. The van der Waals surface area contributed by atoms with E-state index in [0.29, 0.717) is 22.8 Å². The Bertz CT molecular complexity index is 985. The summed E-state index contributed by atoms with van der Waals surface area (Å²) >= 11 is 1.35. The molecule has 0 bridgehead atoms. The van der Waals surface area contributed by atoms with Crippen molar-refractivity contribution in [3.63, 3.8) is 0 Å². The number of thioether (sulfide) groups is 1. The van der Waals surface area contributed by atoms with Gasteiger partial charge in [0.25, 0.3) is 0 Å². The Kier molecular flexibility index (Phi) is 6.26. The van der Waals surface area contributed by atoms with Crippen LogP contribution >= 0.6 is 11.8 Å². The third-order valence-corrected chi connectivity index (χ3v) is 5.45. The molecule has 0 unspecified atom stereocenters. The van der Waals surface area contributed by atoms with Crippen LogP contribution in [-0.2, 0) is 18.3 Å². The van der Waals surface area contributed by atoms with Crippen LogP contribution in [0.15, 0.2) is 59.8 Å². The fourth-order valence-corrected chi connectivity index (χ4v) is 3.49. The summed E-state index contributed by atoms with van der Waals surface area (Å²) in [5.41, 5.74) is 2.33. The van der Waals surface area contributed by atoms with E-state index in [2.05, 4.69) is 15.5 Å². The van der Waals surface area contributed by atoms with Crippen LogP contribution in [0.1, 0.15) is 35.6 Å². The summed E-state index contributed by atoms with van der Waals surface area (Å²) in [5.74, 6) is 0.650. The third kappa shape index (κ3) is 4.86. The molecule has 6 nitrogen and oxygen atoms in total. The van der Waals surface area contributed by atoms with Crippen LogP contribution < -0.4 is 5.32 Å². The highest BCUT2D eigenvalue weighted by molar-refractivity contribution is 8.00. The normalized spacial score (nSPS) is 11.8. The van der Waals surface area contributed by atoms with Gasteiger partial charge >= 0.3 is 0 Å². The van der Waals surface area contributed by atoms with Gasteiger partial charge in [0.2, 0.25) is 5.91 Å². The summed E-state index contributed by atoms with van der Waals surface area (Å²) in [6.07, 6.45) is 0.684. The first kappa shape index (κ1) is 19.8. The number of carbonyl (C=O) groups is 2. The molecule has 3 rings (SSSR count). The maximum atomic E-state index is 12.5. The molecule has 1 amide bonds. The molecule has 0 aliphatic rings. The van der Waals surface area contributed by atoms with Gasteiger partial charge in [-0.3, -0.25) is 9.59 Å². The first-order valence-electron chi connectivity index (χ1n) is 8.94. The lowest BCUT2D eigenvalue weighted by Gasteiger charge is -2.12. The van der Waals surface area contributed by atoms with Crippen molar-refractivity contribution in [3.8, 4) is 0 Å². The Balaban J connectivity index is 1.64. The highest BCUT2D eigenvalue weighted by Gasteiger charge is 2.19. The van der Waals surface area contributed by atoms with E-state index < -0.39 is 0 Å². The van der Waals surface area contributed by atoms with Crippen molar-refractivity contribution in [2.45, 2.75) is 30.7 Å². The van der Waals surface area contributed by atoms with Gasteiger partial charge in [-0.2, -0.15) is 0 Å². The second-order valence-electron chi connectivity index (χ2n) is 6.51. The van der Waals surface area contributed by atoms with Gasteiger partial charge in [-0.25, -0.2) is 0 Å². The number of benzene rings is 2. The standard InChI is InChI=1S/C21H22N4O2S/c1-14(26)17-10-7-11-18(13-17)22-20(27)15(2)28-21-24-23-19(25(21)3)12-16-8-5-4-6-9-16/h4-11,13,15H,12H2,1-3H3,(H,22,27)/t15-/m1/s1. The SMILES string of the molecule is CC(=O)c1cccc(NC(=O)[C@@H](C)Sc2nnc(Cc3ccccc3)n2C)c1. The molecule has 3 aromatic rings. The number of Topliss-reactive ketones (excluding diaryl/α,β-unsaturated/α-hetero) is 1. The van der Waals surface area contributed by atoms with Crippen LogP contribution in [0.5, 0.6) is 0 Å². The molecule has 0 aliphatic heterocycles. The fraction of sp³-hybridized carbons (Fsp3) is 0.238. The molecule has 0 saturated heterocycles. The number of ketones is 1. The average molecular weight is 395 g/mol. The van der Waals surface area contributed by atoms with E-state index in [-0.39, 0.29) is 16.9 Å². The highest BCUT2D eigenvalue weighted by atomic mass is 32.2. The van der Waals surface area contributed by atoms with Crippen LogP contribution in [-0.4, -0.2) is 31.7 Å². The second kappa shape index (κ2) is 8.84. The number of hydrogen-bond acceptors (Lipinski definition) is 5. The quantitative estimate of drug-likeness (QED) is 0.488. The molecule has 0 aliphatic carbocycles. The summed E-state index contributed by atoms with van der Waals surface area (Å²) in [4.78, 5) is 24.0. The molecule has 0 fully saturated rings. The minimum absolute atomic E-state index is 0.0384. The molecule has 144 valence electrons. The molecular weight excluding hydrogens is 372 g/mol. The van der Waals surface area contributed by atoms with Crippen LogP contribution in [0.25, 0.3) is 0 Å². The number of amides is 1. The van der Waals surface area contributed by atoms with E-state index in [1.54, 1.807) is 24.3 Å². The Morgan fingerprint density at radius 3 is 2.57 bits per heavy atom. The molecule has 1 heterocycles. The number of hydrogen-bond donors (Lipinski definition) is 1. The lowest BCUT2D eigenvalue weighted by atomic mass is 10.1. The van der Waals surface area contributed by atoms with Crippen molar-refractivity contribution in [2.24, 2.45) is 7.05 Å². The third-order valence-electron chi connectivity index (χ3n) is 4.32. The second-order valence-corrected chi connectivity index (χ2v) is 7.81. The Hall–Kier alpha value is -2.93. The van der Waals surface area contributed by atoms with Gasteiger partial charge in [-0.1, -0.05) is 54.2 Å². The van der Waals surface area contributed by atoms with Gasteiger partial charge in [-0.05, 0) is 31.5 Å². The number of nitrogens with zero attached hydrogens (tertiary/aromatic N) is 3. The van der Waals surface area contributed by atoms with Crippen LogP contribution in [0.4, 0.5) is 5.69 Å². The van der Waals surface area contributed by atoms with Crippen molar-refractivity contribution in [2.75, 3.05) is 5.32 Å². The lowest BCUT2D eigenvalue weighted by Crippen LogP contribution is -2.23. The van der Waals surface area contributed by atoms with E-state index in [1.165, 1.54) is 18.7 Å². The molecule has 0 saturated carbocycles. The Morgan fingerprint density at radius 1 is 1.11 bits per heavy atom. The van der Waals surface area contributed by atoms with E-state index >= 15 is 0 Å². The van der Waals surface area contributed by atoms with Crippen LogP contribution in [0, 0.1) is 0 Å². The van der Waals surface area contributed by atoms with E-state index in [4.69, 9.17) is 0 Å². The van der Waals surface area contributed by atoms with Gasteiger partial charge in [0.1, 0.15) is 5.82 Å². The van der Waals surface area contributed by atoms with Crippen molar-refractivity contribution in [1.82, 2.24) is 14.8 Å². The molecule has 1 aromatic heterocycles. The Labute approximate surface area is 168 Å². The van der Waals surface area contributed by atoms with Gasteiger partial charge in [-0.15, -0.1) is 10.2 Å². The van der Waals surface area contributed by atoms with Crippen molar-refractivity contribution in [1.29, 1.82) is 0 Å². The van der Waals surface area contributed by atoms with Crippen molar-refractivity contribution < 1.29 is 9.59 Å². The summed E-state index contributed by atoms with van der Waals surface area (Å²) in [7, 11) is 1.90. The number of aromatic nitrogens is 3. The van der Waals surface area contributed by atoms with E-state index in [0.717, 1.165) is 11.4 Å². The first-order valence-corrected chi connectivity index (χ1v) is 9.82. The zero-order chi connectivity index (χ0) is 20.1. The molecule has 2 aromatic carbocycles. The van der Waals surface area contributed by atoms with Crippen LogP contribution in [0.3, 0.4) is 0 Å². The van der Waals surface area contributed by atoms with Gasteiger partial charge in [0.05, 0.1) is 5.25 Å². The Morgan fingerprint density at radius 2 is 1.86 bits per heavy atom. The molecule has 7 heteroatoms. The molecule has 1 N–H and O–H groups in total. The fourth-order valence-electron chi connectivity index (χ4n) is 2.65. The topological polar surface area (TPSA) is 76.9 Å². The van der Waals surface area contributed by atoms with Crippen molar-refractivity contribution in [3.05, 3.63) is 71.5 Å². The molecular formula is C21H22N4O2S. The van der Waals surface area contributed by atoms with Gasteiger partial charge in [0.15, 0.2) is 10.9 Å². The summed E-state index contributed by atoms with van der Waals surface area (Å²) in [5, 5.41) is 11.7. The molecule has 28 heavy (non-hydrogen) atoms. The summed E-state index contributed by atoms with van der Waals surface area (Å²) < 4.78 is 1.91.